The van der Waals surface area contributed by atoms with E-state index in [-0.39, 0.29) is 12.0 Å². The summed E-state index contributed by atoms with van der Waals surface area (Å²) in [4.78, 5) is 25.2. The van der Waals surface area contributed by atoms with Gasteiger partial charge in [-0.2, -0.15) is 11.8 Å². The molecule has 0 spiro atoms. The number of ether oxygens (including phenoxy) is 1. The summed E-state index contributed by atoms with van der Waals surface area (Å²) < 4.78 is 12.2. The molecule has 2 unspecified atom stereocenters. The van der Waals surface area contributed by atoms with Gasteiger partial charge < -0.3 is 19.6 Å². The van der Waals surface area contributed by atoms with E-state index in [0.29, 0.717) is 24.3 Å². The van der Waals surface area contributed by atoms with E-state index in [9.17, 15) is 14.7 Å². The largest absolute Gasteiger partial charge is 0.480 e. The highest BCUT2D eigenvalue weighted by Crippen LogP contribution is 2.33. The zero-order valence-electron chi connectivity index (χ0n) is 23.6. The molecule has 1 aromatic heterocycles. The number of thioether (sulfide) groups is 1. The summed E-state index contributed by atoms with van der Waals surface area (Å²) >= 11 is 1.56. The molecule has 0 bridgehead atoms. The van der Waals surface area contributed by atoms with Gasteiger partial charge in [-0.15, -0.1) is 0 Å². The van der Waals surface area contributed by atoms with Crippen molar-refractivity contribution in [2.75, 3.05) is 12.0 Å². The first-order valence-electron chi connectivity index (χ1n) is 14.3. The average molecular weight is 564 g/mol. The maximum absolute atomic E-state index is 13.4. The van der Waals surface area contributed by atoms with Gasteiger partial charge in [-0.25, -0.2) is 4.79 Å². The van der Waals surface area contributed by atoms with E-state index in [4.69, 9.17) is 9.15 Å². The first-order valence-corrected chi connectivity index (χ1v) is 15.7. The number of aliphatic carboxylic acids is 1. The van der Waals surface area contributed by atoms with Crippen molar-refractivity contribution in [3.05, 3.63) is 83.3 Å². The monoisotopic (exact) mass is 563 g/mol. The molecule has 4 rings (SSSR count). The number of carbonyl (C=O) groups excluding carboxylic acids is 1. The molecule has 2 atom stereocenters. The SMILES string of the molecule is CSCCC(NC(=O)c1ccc(COC(CCC2CCCCC2)c2ccco2)cc1-c1ccccc1C)C(=O)O. The van der Waals surface area contributed by atoms with Crippen LogP contribution in [0.1, 0.15) is 84.7 Å². The summed E-state index contributed by atoms with van der Waals surface area (Å²) in [5, 5.41) is 12.4. The van der Waals surface area contributed by atoms with Crippen LogP contribution in [-0.4, -0.2) is 35.0 Å². The van der Waals surface area contributed by atoms with Crippen molar-refractivity contribution < 1.29 is 23.8 Å². The van der Waals surface area contributed by atoms with Gasteiger partial charge in [0.05, 0.1) is 12.9 Å². The first-order chi connectivity index (χ1) is 19.5. The minimum Gasteiger partial charge on any atom is -0.480 e. The minimum atomic E-state index is -1.03. The molecular weight excluding hydrogens is 522 g/mol. The lowest BCUT2D eigenvalue weighted by molar-refractivity contribution is -0.139. The maximum atomic E-state index is 13.4. The normalized spacial score (nSPS) is 15.4. The number of nitrogens with one attached hydrogen (secondary N) is 1. The Morgan fingerprint density at radius 3 is 2.55 bits per heavy atom. The second-order valence-electron chi connectivity index (χ2n) is 10.7. The van der Waals surface area contributed by atoms with Crippen LogP contribution in [0.25, 0.3) is 11.1 Å². The van der Waals surface area contributed by atoms with Gasteiger partial charge in [0.25, 0.3) is 5.91 Å². The van der Waals surface area contributed by atoms with Gasteiger partial charge in [0, 0.05) is 5.56 Å². The van der Waals surface area contributed by atoms with Crippen LogP contribution in [0.2, 0.25) is 0 Å². The predicted octanol–water partition coefficient (Wildman–Crippen LogP) is 7.81. The van der Waals surface area contributed by atoms with E-state index >= 15 is 0 Å². The van der Waals surface area contributed by atoms with E-state index in [0.717, 1.165) is 46.8 Å². The van der Waals surface area contributed by atoms with Crippen molar-refractivity contribution >= 4 is 23.6 Å². The van der Waals surface area contributed by atoms with Crippen molar-refractivity contribution in [2.45, 2.75) is 77.0 Å². The van der Waals surface area contributed by atoms with E-state index in [2.05, 4.69) is 5.32 Å². The lowest BCUT2D eigenvalue weighted by Crippen LogP contribution is -2.41. The minimum absolute atomic E-state index is 0.130. The molecule has 1 saturated carbocycles. The Balaban J connectivity index is 1.54. The maximum Gasteiger partial charge on any atom is 0.326 e. The molecule has 40 heavy (non-hydrogen) atoms. The van der Waals surface area contributed by atoms with E-state index in [1.807, 2.05) is 61.7 Å². The topological polar surface area (TPSA) is 88.8 Å². The fraction of sp³-hybridized carbons (Fsp3) is 0.455. The van der Waals surface area contributed by atoms with Crippen LogP contribution >= 0.6 is 11.8 Å². The number of amides is 1. The Bertz CT molecular complexity index is 1240. The number of rotatable bonds is 14. The highest BCUT2D eigenvalue weighted by molar-refractivity contribution is 7.98. The second kappa shape index (κ2) is 15.1. The Morgan fingerprint density at radius 1 is 1.05 bits per heavy atom. The molecule has 6 nitrogen and oxygen atoms in total. The zero-order chi connectivity index (χ0) is 28.3. The van der Waals surface area contributed by atoms with Crippen LogP contribution in [0.5, 0.6) is 0 Å². The third-order valence-electron chi connectivity index (χ3n) is 7.85. The molecule has 0 aliphatic heterocycles. The summed E-state index contributed by atoms with van der Waals surface area (Å²) in [6, 6.07) is 16.5. The van der Waals surface area contributed by atoms with Gasteiger partial charge >= 0.3 is 5.97 Å². The molecule has 1 fully saturated rings. The lowest BCUT2D eigenvalue weighted by Gasteiger charge is -2.24. The standard InChI is InChI=1S/C33H41NO5S/c1-23-9-6-7-12-26(23)28-21-25(14-16-27(28)32(35)34-29(33(36)37)18-20-40-2)22-39-31(30-13-8-19-38-30)17-15-24-10-4-3-5-11-24/h6-9,12-14,16,19,21,24,29,31H,3-5,10-11,15,17-18,20,22H2,1-2H3,(H,34,35)(H,36,37). The number of carboxylic acid groups (broad SMARTS) is 1. The second-order valence-corrected chi connectivity index (χ2v) is 11.7. The Hall–Kier alpha value is -3.03. The summed E-state index contributed by atoms with van der Waals surface area (Å²) in [6.07, 6.45) is 12.5. The van der Waals surface area contributed by atoms with Crippen molar-refractivity contribution in [3.63, 3.8) is 0 Å². The summed E-state index contributed by atoms with van der Waals surface area (Å²) in [5.41, 5.74) is 4.13. The summed E-state index contributed by atoms with van der Waals surface area (Å²) in [5.74, 6) is 0.833. The van der Waals surface area contributed by atoms with Crippen LogP contribution in [0, 0.1) is 12.8 Å². The van der Waals surface area contributed by atoms with E-state index < -0.39 is 12.0 Å². The molecule has 3 aromatic rings. The Kier molecular flexibility index (Phi) is 11.3. The van der Waals surface area contributed by atoms with Gasteiger partial charge in [-0.05, 0) is 90.6 Å². The molecule has 0 saturated heterocycles. The van der Waals surface area contributed by atoms with Crippen LogP contribution in [0.4, 0.5) is 0 Å². The summed E-state index contributed by atoms with van der Waals surface area (Å²) in [6.45, 7) is 2.39. The number of benzene rings is 2. The van der Waals surface area contributed by atoms with Crippen molar-refractivity contribution in [2.24, 2.45) is 5.92 Å². The van der Waals surface area contributed by atoms with Gasteiger partial charge in [0.15, 0.2) is 0 Å². The van der Waals surface area contributed by atoms with Crippen LogP contribution < -0.4 is 5.32 Å². The van der Waals surface area contributed by atoms with Crippen molar-refractivity contribution in [1.82, 2.24) is 5.32 Å². The van der Waals surface area contributed by atoms with Crippen LogP contribution in [-0.2, 0) is 16.1 Å². The molecule has 214 valence electrons. The number of carbonyl (C=O) groups is 2. The number of carboxylic acids is 1. The molecule has 1 aliphatic carbocycles. The predicted molar refractivity (Wildman–Crippen MR) is 161 cm³/mol. The zero-order valence-corrected chi connectivity index (χ0v) is 24.4. The lowest BCUT2D eigenvalue weighted by atomic mass is 9.85. The molecule has 0 radical (unpaired) electrons. The van der Waals surface area contributed by atoms with E-state index in [1.54, 1.807) is 24.1 Å². The number of hydrogen-bond donors (Lipinski definition) is 2. The van der Waals surface area contributed by atoms with Gasteiger partial charge in [0.2, 0.25) is 0 Å². The van der Waals surface area contributed by atoms with E-state index in [1.165, 1.54) is 32.1 Å². The Labute approximate surface area is 241 Å². The van der Waals surface area contributed by atoms with Gasteiger partial charge in [-0.3, -0.25) is 4.79 Å². The quantitative estimate of drug-likeness (QED) is 0.208. The fourth-order valence-electron chi connectivity index (χ4n) is 5.55. The van der Waals surface area contributed by atoms with Gasteiger partial charge in [-0.1, -0.05) is 62.4 Å². The van der Waals surface area contributed by atoms with Crippen molar-refractivity contribution in [3.8, 4) is 11.1 Å². The third kappa shape index (κ3) is 8.24. The molecular formula is C33H41NO5S. The molecule has 2 aromatic carbocycles. The number of hydrogen-bond acceptors (Lipinski definition) is 5. The van der Waals surface area contributed by atoms with Crippen LogP contribution in [0.15, 0.2) is 65.3 Å². The first kappa shape index (κ1) is 29.9. The summed E-state index contributed by atoms with van der Waals surface area (Å²) in [7, 11) is 0. The Morgan fingerprint density at radius 2 is 1.85 bits per heavy atom. The number of furan rings is 1. The highest BCUT2D eigenvalue weighted by Gasteiger charge is 2.24. The highest BCUT2D eigenvalue weighted by atomic mass is 32.2. The average Bonchev–Trinajstić information content (AvgIpc) is 3.51. The third-order valence-corrected chi connectivity index (χ3v) is 8.50. The molecule has 1 amide bonds. The van der Waals surface area contributed by atoms with Crippen LogP contribution in [0.3, 0.4) is 0 Å². The molecule has 2 N–H and O–H groups in total. The number of aryl methyl sites for hydroxylation is 1. The molecule has 7 heteroatoms. The molecule has 1 heterocycles. The fourth-order valence-corrected chi connectivity index (χ4v) is 6.02. The smallest absolute Gasteiger partial charge is 0.326 e. The molecule has 1 aliphatic rings. The van der Waals surface area contributed by atoms with Crippen molar-refractivity contribution in [1.29, 1.82) is 0 Å². The van der Waals surface area contributed by atoms with Gasteiger partial charge in [0.1, 0.15) is 17.9 Å².